The van der Waals surface area contributed by atoms with Gasteiger partial charge in [0.1, 0.15) is 0 Å². The fourth-order valence-electron chi connectivity index (χ4n) is 2.36. The Labute approximate surface area is 98.2 Å². The molecule has 0 unspecified atom stereocenters. The van der Waals surface area contributed by atoms with Gasteiger partial charge < -0.3 is 14.1 Å². The zero-order valence-electron chi connectivity index (χ0n) is 9.55. The van der Waals surface area contributed by atoms with Crippen LogP contribution in [0.1, 0.15) is 25.6 Å². The Hall–Kier alpha value is -1.85. The largest absolute Gasteiger partial charge is 0.461 e. The van der Waals surface area contributed by atoms with Crippen LogP contribution < -0.4 is 0 Å². The van der Waals surface area contributed by atoms with Crippen molar-refractivity contribution < 1.29 is 14.4 Å². The second-order valence-corrected chi connectivity index (χ2v) is 4.22. The Morgan fingerprint density at radius 2 is 2.59 bits per heavy atom. The van der Waals surface area contributed by atoms with Gasteiger partial charge in [-0.1, -0.05) is 5.16 Å². The third kappa shape index (κ3) is 1.44. The van der Waals surface area contributed by atoms with Crippen molar-refractivity contribution in [2.75, 3.05) is 6.61 Å². The SMILES string of the molecule is CCOC(=O)C1=NO[C@@]2(CCn3ccnc32)C1. The van der Waals surface area contributed by atoms with Crippen molar-refractivity contribution in [3.05, 3.63) is 18.2 Å². The zero-order valence-corrected chi connectivity index (χ0v) is 9.55. The van der Waals surface area contributed by atoms with Crippen molar-refractivity contribution in [1.82, 2.24) is 9.55 Å². The van der Waals surface area contributed by atoms with Crippen LogP contribution in [0.4, 0.5) is 0 Å². The maximum Gasteiger partial charge on any atom is 0.356 e. The van der Waals surface area contributed by atoms with Gasteiger partial charge in [0.2, 0.25) is 5.60 Å². The van der Waals surface area contributed by atoms with E-state index in [2.05, 4.69) is 10.1 Å². The number of esters is 1. The highest BCUT2D eigenvalue weighted by atomic mass is 16.7. The third-order valence-electron chi connectivity index (χ3n) is 3.17. The Morgan fingerprint density at radius 1 is 1.71 bits per heavy atom. The second kappa shape index (κ2) is 3.58. The lowest BCUT2D eigenvalue weighted by atomic mass is 9.95. The molecule has 90 valence electrons. The number of ether oxygens (including phenoxy) is 1. The molecule has 1 aromatic rings. The molecule has 0 N–H and O–H groups in total. The zero-order chi connectivity index (χ0) is 11.9. The number of oxime groups is 1. The van der Waals surface area contributed by atoms with E-state index in [-0.39, 0.29) is 0 Å². The van der Waals surface area contributed by atoms with Crippen molar-refractivity contribution in [3.8, 4) is 0 Å². The van der Waals surface area contributed by atoms with Crippen molar-refractivity contribution in [3.63, 3.8) is 0 Å². The maximum absolute atomic E-state index is 11.6. The Kier molecular flexibility index (Phi) is 2.17. The molecule has 0 amide bonds. The molecule has 17 heavy (non-hydrogen) atoms. The Bertz CT molecular complexity index is 494. The molecule has 2 aliphatic rings. The lowest BCUT2D eigenvalue weighted by Crippen LogP contribution is -2.26. The van der Waals surface area contributed by atoms with E-state index in [1.807, 2.05) is 10.8 Å². The monoisotopic (exact) mass is 235 g/mol. The molecule has 0 radical (unpaired) electrons. The molecule has 0 aromatic carbocycles. The Morgan fingerprint density at radius 3 is 3.41 bits per heavy atom. The summed E-state index contributed by atoms with van der Waals surface area (Å²) in [5, 5.41) is 3.86. The van der Waals surface area contributed by atoms with Crippen molar-refractivity contribution >= 4 is 11.7 Å². The van der Waals surface area contributed by atoms with Gasteiger partial charge in [-0.15, -0.1) is 0 Å². The summed E-state index contributed by atoms with van der Waals surface area (Å²) >= 11 is 0. The van der Waals surface area contributed by atoms with Crippen LogP contribution in [0.2, 0.25) is 0 Å². The lowest BCUT2D eigenvalue weighted by Gasteiger charge is -2.17. The molecule has 0 fully saturated rings. The first-order valence-corrected chi connectivity index (χ1v) is 5.69. The van der Waals surface area contributed by atoms with Gasteiger partial charge in [-0.05, 0) is 6.92 Å². The minimum atomic E-state index is -0.550. The fourth-order valence-corrected chi connectivity index (χ4v) is 2.36. The lowest BCUT2D eigenvalue weighted by molar-refractivity contribution is -0.135. The van der Waals surface area contributed by atoms with E-state index in [0.29, 0.717) is 18.7 Å². The number of aromatic nitrogens is 2. The minimum Gasteiger partial charge on any atom is -0.461 e. The van der Waals surface area contributed by atoms with Crippen LogP contribution in [0.5, 0.6) is 0 Å². The summed E-state index contributed by atoms with van der Waals surface area (Å²) in [5.74, 6) is 0.454. The summed E-state index contributed by atoms with van der Waals surface area (Å²) in [4.78, 5) is 21.3. The number of hydrogen-bond donors (Lipinski definition) is 0. The van der Waals surface area contributed by atoms with Gasteiger partial charge in [-0.25, -0.2) is 9.78 Å². The fraction of sp³-hybridized carbons (Fsp3) is 0.545. The molecule has 0 saturated carbocycles. The van der Waals surface area contributed by atoms with Crippen LogP contribution in [0.3, 0.4) is 0 Å². The number of rotatable bonds is 2. The summed E-state index contributed by atoms with van der Waals surface area (Å²) in [6.07, 6.45) is 4.89. The molecule has 0 saturated heterocycles. The molecule has 6 heteroatoms. The number of imidazole rings is 1. The molecule has 3 heterocycles. The van der Waals surface area contributed by atoms with Crippen LogP contribution in [-0.2, 0) is 26.5 Å². The highest BCUT2D eigenvalue weighted by Crippen LogP contribution is 2.41. The van der Waals surface area contributed by atoms with E-state index in [0.717, 1.165) is 18.8 Å². The first-order valence-electron chi connectivity index (χ1n) is 5.69. The number of aryl methyl sites for hydroxylation is 1. The smallest absolute Gasteiger partial charge is 0.356 e. The first-order chi connectivity index (χ1) is 8.25. The Balaban J connectivity index is 1.81. The molecule has 6 nitrogen and oxygen atoms in total. The number of hydrogen-bond acceptors (Lipinski definition) is 5. The van der Waals surface area contributed by atoms with Crippen molar-refractivity contribution in [2.24, 2.45) is 5.16 Å². The van der Waals surface area contributed by atoms with Gasteiger partial charge in [0.25, 0.3) is 0 Å². The average molecular weight is 235 g/mol. The predicted octanol–water partition coefficient (Wildman–Crippen LogP) is 0.821. The van der Waals surface area contributed by atoms with Gasteiger partial charge in [0.05, 0.1) is 13.0 Å². The molecule has 1 spiro atoms. The van der Waals surface area contributed by atoms with Gasteiger partial charge in [0.15, 0.2) is 11.5 Å². The normalized spacial score (nSPS) is 25.6. The summed E-state index contributed by atoms with van der Waals surface area (Å²) in [6.45, 7) is 2.97. The maximum atomic E-state index is 11.6. The van der Waals surface area contributed by atoms with E-state index in [1.165, 1.54) is 0 Å². The molecule has 1 atom stereocenters. The van der Waals surface area contributed by atoms with E-state index >= 15 is 0 Å². The molecular weight excluding hydrogens is 222 g/mol. The number of fused-ring (bicyclic) bond motifs is 2. The molecule has 3 rings (SSSR count). The van der Waals surface area contributed by atoms with E-state index < -0.39 is 11.6 Å². The molecular formula is C11H13N3O3. The first kappa shape index (κ1) is 10.3. The number of nitrogens with zero attached hydrogens (tertiary/aromatic N) is 3. The van der Waals surface area contributed by atoms with Crippen LogP contribution in [-0.4, -0.2) is 27.8 Å². The number of carbonyl (C=O) groups is 1. The predicted molar refractivity (Wildman–Crippen MR) is 58.3 cm³/mol. The van der Waals surface area contributed by atoms with Gasteiger partial charge in [0, 0.05) is 25.4 Å². The van der Waals surface area contributed by atoms with Crippen molar-refractivity contribution in [1.29, 1.82) is 0 Å². The average Bonchev–Trinajstić information content (AvgIpc) is 3.00. The minimum absolute atomic E-state index is 0.347. The van der Waals surface area contributed by atoms with Gasteiger partial charge >= 0.3 is 5.97 Å². The molecule has 0 aliphatic carbocycles. The summed E-state index contributed by atoms with van der Waals surface area (Å²) in [6, 6.07) is 0. The molecule has 2 aliphatic heterocycles. The molecule has 0 bridgehead atoms. The third-order valence-corrected chi connectivity index (χ3v) is 3.17. The van der Waals surface area contributed by atoms with Gasteiger partial charge in [-0.3, -0.25) is 0 Å². The van der Waals surface area contributed by atoms with Crippen molar-refractivity contribution in [2.45, 2.75) is 31.9 Å². The van der Waals surface area contributed by atoms with Crippen LogP contribution in [0.25, 0.3) is 0 Å². The van der Waals surface area contributed by atoms with Crippen LogP contribution in [0.15, 0.2) is 17.5 Å². The summed E-state index contributed by atoms with van der Waals surface area (Å²) in [7, 11) is 0. The quantitative estimate of drug-likeness (QED) is 0.712. The second-order valence-electron chi connectivity index (χ2n) is 4.22. The van der Waals surface area contributed by atoms with E-state index in [1.54, 1.807) is 13.1 Å². The van der Waals surface area contributed by atoms with E-state index in [9.17, 15) is 4.79 Å². The standard InChI is InChI=1S/C11H13N3O3/c1-2-16-9(15)8-7-11(17-13-8)3-5-14-6-4-12-10(11)14/h4,6H,2-3,5,7H2,1H3/t11-/m0/s1. The summed E-state index contributed by atoms with van der Waals surface area (Å²) < 4.78 is 6.95. The highest BCUT2D eigenvalue weighted by molar-refractivity contribution is 6.36. The molecule has 1 aromatic heterocycles. The number of carbonyl (C=O) groups excluding carboxylic acids is 1. The van der Waals surface area contributed by atoms with Gasteiger partial charge in [-0.2, -0.15) is 0 Å². The highest BCUT2D eigenvalue weighted by Gasteiger charge is 2.49. The van der Waals surface area contributed by atoms with Crippen LogP contribution >= 0.6 is 0 Å². The topological polar surface area (TPSA) is 65.7 Å². The van der Waals surface area contributed by atoms with E-state index in [4.69, 9.17) is 9.57 Å². The summed E-state index contributed by atoms with van der Waals surface area (Å²) in [5.41, 5.74) is -0.200. The van der Waals surface area contributed by atoms with Crippen LogP contribution in [0, 0.1) is 0 Å².